The van der Waals surface area contributed by atoms with Gasteiger partial charge in [-0.25, -0.2) is 0 Å². The van der Waals surface area contributed by atoms with E-state index in [0.717, 1.165) is 25.7 Å². The Labute approximate surface area is 97.2 Å². The summed E-state index contributed by atoms with van der Waals surface area (Å²) in [5, 5.41) is 0. The fourth-order valence-corrected chi connectivity index (χ4v) is 2.10. The Bertz CT molecular complexity index is 211. The van der Waals surface area contributed by atoms with Crippen molar-refractivity contribution in [1.82, 2.24) is 0 Å². The van der Waals surface area contributed by atoms with Crippen molar-refractivity contribution in [3.8, 4) is 0 Å². The van der Waals surface area contributed by atoms with E-state index in [9.17, 15) is 0 Å². The van der Waals surface area contributed by atoms with Gasteiger partial charge in [0.2, 0.25) is 0 Å². The van der Waals surface area contributed by atoms with Crippen molar-refractivity contribution in [2.24, 2.45) is 0 Å². The van der Waals surface area contributed by atoms with E-state index in [1.807, 2.05) is 0 Å². The Kier molecular flexibility index (Phi) is 4.19. The van der Waals surface area contributed by atoms with Crippen LogP contribution in [0.5, 0.6) is 0 Å². The summed E-state index contributed by atoms with van der Waals surface area (Å²) in [6.07, 6.45) is 3.92. The summed E-state index contributed by atoms with van der Waals surface area (Å²) in [6.45, 7) is 6.04. The van der Waals surface area contributed by atoms with Crippen LogP contribution in [0.1, 0.15) is 39.5 Å². The van der Waals surface area contributed by atoms with Crippen LogP contribution in [0.25, 0.3) is 0 Å². The molecule has 0 aromatic heterocycles. The van der Waals surface area contributed by atoms with Gasteiger partial charge in [0, 0.05) is 0 Å². The molecule has 0 saturated carbocycles. The van der Waals surface area contributed by atoms with Crippen LogP contribution in [0.4, 0.5) is 0 Å². The average molecular weight is 230 g/mol. The Balaban J connectivity index is 1.79. The Morgan fingerprint density at radius 2 is 1.38 bits per heavy atom. The minimum atomic E-state index is -0.343. The highest BCUT2D eigenvalue weighted by molar-refractivity contribution is 4.87. The molecule has 2 rings (SSSR count). The molecular formula is C12H22O4. The summed E-state index contributed by atoms with van der Waals surface area (Å²) in [7, 11) is 0. The van der Waals surface area contributed by atoms with Crippen molar-refractivity contribution in [2.45, 2.75) is 57.7 Å². The predicted molar refractivity (Wildman–Crippen MR) is 59.1 cm³/mol. The molecule has 2 aliphatic rings. The lowest BCUT2D eigenvalue weighted by Gasteiger charge is -2.35. The first kappa shape index (κ1) is 12.3. The zero-order chi connectivity index (χ0) is 11.4. The van der Waals surface area contributed by atoms with Crippen LogP contribution in [0.2, 0.25) is 0 Å². The van der Waals surface area contributed by atoms with Gasteiger partial charge in [-0.1, -0.05) is 26.7 Å². The van der Waals surface area contributed by atoms with Crippen LogP contribution in [-0.4, -0.2) is 38.0 Å². The van der Waals surface area contributed by atoms with Gasteiger partial charge < -0.3 is 18.9 Å². The smallest absolute Gasteiger partial charge is 0.158 e. The van der Waals surface area contributed by atoms with Gasteiger partial charge in [0.25, 0.3) is 0 Å². The highest BCUT2D eigenvalue weighted by Gasteiger charge is 2.45. The highest BCUT2D eigenvalue weighted by Crippen LogP contribution is 2.30. The zero-order valence-electron chi connectivity index (χ0n) is 10.2. The average Bonchev–Trinajstić information content (AvgIpc) is 2.67. The second kappa shape index (κ2) is 5.45. The van der Waals surface area contributed by atoms with Crippen LogP contribution in [0.15, 0.2) is 0 Å². The zero-order valence-corrected chi connectivity index (χ0v) is 10.2. The molecule has 0 bridgehead atoms. The van der Waals surface area contributed by atoms with Gasteiger partial charge in [0.1, 0.15) is 5.60 Å². The lowest BCUT2D eigenvalue weighted by Crippen LogP contribution is -2.49. The molecule has 0 aromatic rings. The summed E-state index contributed by atoms with van der Waals surface area (Å²) in [5.74, 6) is 0. The van der Waals surface area contributed by atoms with Crippen molar-refractivity contribution in [1.29, 1.82) is 0 Å². The Hall–Kier alpha value is -0.160. The fraction of sp³-hybridized carbons (Fsp3) is 1.00. The summed E-state index contributed by atoms with van der Waals surface area (Å²) in [4.78, 5) is 0. The van der Waals surface area contributed by atoms with Gasteiger partial charge in [-0.2, -0.15) is 0 Å². The second-order valence-corrected chi connectivity index (χ2v) is 4.67. The third-order valence-electron chi connectivity index (χ3n) is 3.03. The molecule has 94 valence electrons. The van der Waals surface area contributed by atoms with Crippen LogP contribution in [0, 0.1) is 0 Å². The standard InChI is InChI=1S/C12H22O4/c1-3-5-10-13-7-12(8-14-10)9-15-11(16-12)6-4-2/h10-11H,3-9H2,1-2H3. The lowest BCUT2D eigenvalue weighted by atomic mass is 10.1. The first-order chi connectivity index (χ1) is 7.78. The third-order valence-corrected chi connectivity index (χ3v) is 3.03. The fourth-order valence-electron chi connectivity index (χ4n) is 2.10. The molecule has 16 heavy (non-hydrogen) atoms. The monoisotopic (exact) mass is 230 g/mol. The van der Waals surface area contributed by atoms with E-state index in [4.69, 9.17) is 18.9 Å². The maximum absolute atomic E-state index is 5.88. The highest BCUT2D eigenvalue weighted by atomic mass is 16.8. The SMILES string of the molecule is CCCC1OCC2(CO1)COC(CCC)O2. The molecule has 0 N–H and O–H groups in total. The molecule has 0 aromatic carbocycles. The van der Waals surface area contributed by atoms with E-state index in [2.05, 4.69) is 13.8 Å². The maximum Gasteiger partial charge on any atom is 0.158 e. The molecule has 0 radical (unpaired) electrons. The molecule has 2 saturated heterocycles. The molecule has 0 aliphatic carbocycles. The van der Waals surface area contributed by atoms with E-state index in [-0.39, 0.29) is 18.2 Å². The quantitative estimate of drug-likeness (QED) is 0.741. The lowest BCUT2D eigenvalue weighted by molar-refractivity contribution is -0.260. The number of hydrogen-bond donors (Lipinski definition) is 0. The van der Waals surface area contributed by atoms with E-state index in [1.165, 1.54) is 0 Å². The minimum Gasteiger partial charge on any atom is -0.349 e. The largest absolute Gasteiger partial charge is 0.349 e. The normalized spacial score (nSPS) is 39.4. The summed E-state index contributed by atoms with van der Waals surface area (Å²) in [5.41, 5.74) is -0.343. The molecule has 2 aliphatic heterocycles. The molecule has 1 atom stereocenters. The first-order valence-electron chi connectivity index (χ1n) is 6.30. The van der Waals surface area contributed by atoms with Crippen LogP contribution in [-0.2, 0) is 18.9 Å². The first-order valence-corrected chi connectivity index (χ1v) is 6.30. The van der Waals surface area contributed by atoms with Crippen molar-refractivity contribution in [3.05, 3.63) is 0 Å². The molecule has 0 amide bonds. The van der Waals surface area contributed by atoms with E-state index >= 15 is 0 Å². The van der Waals surface area contributed by atoms with E-state index in [1.54, 1.807) is 0 Å². The summed E-state index contributed by atoms with van der Waals surface area (Å²) < 4.78 is 22.8. The topological polar surface area (TPSA) is 36.9 Å². The molecular weight excluding hydrogens is 208 g/mol. The minimum absolute atomic E-state index is 0.0514. The van der Waals surface area contributed by atoms with Crippen molar-refractivity contribution in [3.63, 3.8) is 0 Å². The van der Waals surface area contributed by atoms with Crippen LogP contribution in [0.3, 0.4) is 0 Å². The molecule has 1 spiro atoms. The van der Waals surface area contributed by atoms with E-state index in [0.29, 0.717) is 19.8 Å². The Morgan fingerprint density at radius 1 is 0.875 bits per heavy atom. The Morgan fingerprint density at radius 3 is 1.94 bits per heavy atom. The van der Waals surface area contributed by atoms with Gasteiger partial charge >= 0.3 is 0 Å². The second-order valence-electron chi connectivity index (χ2n) is 4.67. The molecule has 4 nitrogen and oxygen atoms in total. The summed E-state index contributed by atoms with van der Waals surface area (Å²) in [6, 6.07) is 0. The number of rotatable bonds is 4. The van der Waals surface area contributed by atoms with E-state index < -0.39 is 0 Å². The van der Waals surface area contributed by atoms with Gasteiger partial charge in [0.15, 0.2) is 12.6 Å². The maximum atomic E-state index is 5.88. The van der Waals surface area contributed by atoms with Crippen LogP contribution >= 0.6 is 0 Å². The molecule has 2 fully saturated rings. The number of ether oxygens (including phenoxy) is 4. The third kappa shape index (κ3) is 2.74. The van der Waals surface area contributed by atoms with Crippen LogP contribution < -0.4 is 0 Å². The van der Waals surface area contributed by atoms with Crippen molar-refractivity contribution < 1.29 is 18.9 Å². The summed E-state index contributed by atoms with van der Waals surface area (Å²) >= 11 is 0. The molecule has 2 heterocycles. The predicted octanol–water partition coefficient (Wildman–Crippen LogP) is 2.07. The van der Waals surface area contributed by atoms with Gasteiger partial charge in [0.05, 0.1) is 19.8 Å². The van der Waals surface area contributed by atoms with Gasteiger partial charge in [-0.05, 0) is 12.8 Å². The molecule has 1 unspecified atom stereocenters. The van der Waals surface area contributed by atoms with Gasteiger partial charge in [-0.3, -0.25) is 0 Å². The van der Waals surface area contributed by atoms with Crippen molar-refractivity contribution in [2.75, 3.05) is 19.8 Å². The van der Waals surface area contributed by atoms with Crippen molar-refractivity contribution >= 4 is 0 Å². The van der Waals surface area contributed by atoms with Gasteiger partial charge in [-0.15, -0.1) is 0 Å². The molecule has 4 heteroatoms. The number of hydrogen-bond acceptors (Lipinski definition) is 4.